The maximum absolute atomic E-state index is 3.72. The maximum Gasteiger partial charge on any atom is 0.00683 e. The molecule has 1 aliphatic rings. The van der Waals surface area contributed by atoms with E-state index < -0.39 is 0 Å². The van der Waals surface area contributed by atoms with Crippen LogP contribution in [0, 0.1) is 18.8 Å². The van der Waals surface area contributed by atoms with E-state index in [1.807, 2.05) is 0 Å². The van der Waals surface area contributed by atoms with Crippen molar-refractivity contribution in [3.05, 3.63) is 35.4 Å². The van der Waals surface area contributed by atoms with Gasteiger partial charge in [-0.25, -0.2) is 0 Å². The van der Waals surface area contributed by atoms with Gasteiger partial charge in [0.05, 0.1) is 0 Å². The Kier molecular flexibility index (Phi) is 5.45. The third-order valence-electron chi connectivity index (χ3n) is 4.31. The molecule has 1 nitrogen and oxygen atoms in total. The number of hydrogen-bond acceptors (Lipinski definition) is 1. The summed E-state index contributed by atoms with van der Waals surface area (Å²) in [4.78, 5) is 0. The van der Waals surface area contributed by atoms with Crippen LogP contribution in [0.2, 0.25) is 0 Å². The fraction of sp³-hybridized carbons (Fsp3) is 0.667. The lowest BCUT2D eigenvalue weighted by Gasteiger charge is -2.21. The van der Waals surface area contributed by atoms with Gasteiger partial charge >= 0.3 is 0 Å². The Balaban J connectivity index is 1.90. The van der Waals surface area contributed by atoms with Gasteiger partial charge in [0.1, 0.15) is 0 Å². The Morgan fingerprint density at radius 2 is 2.11 bits per heavy atom. The second-order valence-electron chi connectivity index (χ2n) is 6.49. The predicted molar refractivity (Wildman–Crippen MR) is 83.5 cm³/mol. The highest BCUT2D eigenvalue weighted by Gasteiger charge is 2.22. The monoisotopic (exact) mass is 259 g/mol. The molecule has 2 rings (SSSR count). The minimum atomic E-state index is 0.789. The standard InChI is InChI=1S/C18H29N/c1-4-14(2)10-17(13-19-18-8-9-18)12-16-7-5-6-15(3)11-16/h5-7,11,14,17-19H,4,8-10,12-13H2,1-3H3. The average molecular weight is 259 g/mol. The molecule has 0 heterocycles. The van der Waals surface area contributed by atoms with Gasteiger partial charge in [-0.3, -0.25) is 0 Å². The van der Waals surface area contributed by atoms with Crippen molar-refractivity contribution in [2.24, 2.45) is 11.8 Å². The zero-order chi connectivity index (χ0) is 13.7. The predicted octanol–water partition coefficient (Wildman–Crippen LogP) is 4.34. The zero-order valence-electron chi connectivity index (χ0n) is 12.8. The Labute approximate surface area is 118 Å². The van der Waals surface area contributed by atoms with Crippen LogP contribution in [0.5, 0.6) is 0 Å². The summed E-state index contributed by atoms with van der Waals surface area (Å²) in [6.45, 7) is 8.08. The first-order chi connectivity index (χ1) is 9.17. The quantitative estimate of drug-likeness (QED) is 0.732. The van der Waals surface area contributed by atoms with Crippen molar-refractivity contribution < 1.29 is 0 Å². The molecule has 0 aliphatic heterocycles. The van der Waals surface area contributed by atoms with E-state index >= 15 is 0 Å². The molecule has 2 atom stereocenters. The molecule has 1 aromatic rings. The van der Waals surface area contributed by atoms with Crippen LogP contribution in [0.4, 0.5) is 0 Å². The molecule has 1 fully saturated rings. The van der Waals surface area contributed by atoms with Crippen LogP contribution < -0.4 is 5.32 Å². The molecule has 106 valence electrons. The number of rotatable bonds is 8. The molecule has 0 saturated heterocycles. The molecule has 1 aliphatic carbocycles. The molecule has 2 unspecified atom stereocenters. The van der Waals surface area contributed by atoms with Gasteiger partial charge in [0.2, 0.25) is 0 Å². The van der Waals surface area contributed by atoms with Crippen LogP contribution >= 0.6 is 0 Å². The summed E-state index contributed by atoms with van der Waals surface area (Å²) < 4.78 is 0. The van der Waals surface area contributed by atoms with Crippen LogP contribution in [0.3, 0.4) is 0 Å². The lowest BCUT2D eigenvalue weighted by molar-refractivity contribution is 0.362. The summed E-state index contributed by atoms with van der Waals surface area (Å²) in [7, 11) is 0. The Morgan fingerprint density at radius 1 is 1.32 bits per heavy atom. The molecule has 0 aromatic heterocycles. The molecule has 0 spiro atoms. The first kappa shape index (κ1) is 14.6. The lowest BCUT2D eigenvalue weighted by Crippen LogP contribution is -2.27. The molecular formula is C18H29N. The molecule has 0 radical (unpaired) electrons. The van der Waals surface area contributed by atoms with E-state index in [1.54, 1.807) is 0 Å². The SMILES string of the molecule is CCC(C)CC(CNC1CC1)Cc1cccc(C)c1. The number of aryl methyl sites for hydroxylation is 1. The Hall–Kier alpha value is -0.820. The highest BCUT2D eigenvalue weighted by Crippen LogP contribution is 2.23. The summed E-state index contributed by atoms with van der Waals surface area (Å²) in [5, 5.41) is 3.72. The maximum atomic E-state index is 3.72. The van der Waals surface area contributed by atoms with E-state index in [1.165, 1.54) is 49.8 Å². The first-order valence-electron chi connectivity index (χ1n) is 7.96. The minimum absolute atomic E-state index is 0.789. The molecule has 0 amide bonds. The van der Waals surface area contributed by atoms with Gasteiger partial charge in [0, 0.05) is 6.04 Å². The van der Waals surface area contributed by atoms with Crippen LogP contribution in [0.25, 0.3) is 0 Å². The van der Waals surface area contributed by atoms with Crippen LogP contribution in [0.1, 0.15) is 50.7 Å². The molecule has 1 aromatic carbocycles. The van der Waals surface area contributed by atoms with Gasteiger partial charge in [0.15, 0.2) is 0 Å². The second-order valence-corrected chi connectivity index (χ2v) is 6.49. The van der Waals surface area contributed by atoms with Crippen LogP contribution in [0.15, 0.2) is 24.3 Å². The summed E-state index contributed by atoms with van der Waals surface area (Å²) in [6.07, 6.45) is 6.66. The fourth-order valence-corrected chi connectivity index (χ4v) is 2.77. The van der Waals surface area contributed by atoms with E-state index in [4.69, 9.17) is 0 Å². The van der Waals surface area contributed by atoms with E-state index in [2.05, 4.69) is 50.4 Å². The van der Waals surface area contributed by atoms with E-state index in [0.29, 0.717) is 0 Å². The molecule has 19 heavy (non-hydrogen) atoms. The molecular weight excluding hydrogens is 230 g/mol. The Morgan fingerprint density at radius 3 is 2.74 bits per heavy atom. The van der Waals surface area contributed by atoms with Crippen molar-refractivity contribution in [3.8, 4) is 0 Å². The van der Waals surface area contributed by atoms with Crippen molar-refractivity contribution in [2.75, 3.05) is 6.54 Å². The second kappa shape index (κ2) is 7.09. The van der Waals surface area contributed by atoms with Crippen molar-refractivity contribution >= 4 is 0 Å². The van der Waals surface area contributed by atoms with E-state index in [0.717, 1.165) is 17.9 Å². The van der Waals surface area contributed by atoms with Crippen molar-refractivity contribution in [3.63, 3.8) is 0 Å². The summed E-state index contributed by atoms with van der Waals surface area (Å²) in [5.74, 6) is 1.63. The van der Waals surface area contributed by atoms with Crippen molar-refractivity contribution in [2.45, 2.75) is 58.9 Å². The fourth-order valence-electron chi connectivity index (χ4n) is 2.77. The molecule has 0 bridgehead atoms. The van der Waals surface area contributed by atoms with Gasteiger partial charge in [-0.1, -0.05) is 50.1 Å². The normalized spacial score (nSPS) is 18.3. The summed E-state index contributed by atoms with van der Waals surface area (Å²) >= 11 is 0. The zero-order valence-corrected chi connectivity index (χ0v) is 12.8. The van der Waals surface area contributed by atoms with Gasteiger partial charge in [-0.2, -0.15) is 0 Å². The van der Waals surface area contributed by atoms with Crippen LogP contribution in [-0.4, -0.2) is 12.6 Å². The lowest BCUT2D eigenvalue weighted by atomic mass is 9.88. The Bertz CT molecular complexity index is 381. The van der Waals surface area contributed by atoms with Gasteiger partial charge in [0.25, 0.3) is 0 Å². The first-order valence-corrected chi connectivity index (χ1v) is 7.96. The summed E-state index contributed by atoms with van der Waals surface area (Å²) in [6, 6.07) is 9.85. The number of nitrogens with one attached hydrogen (secondary N) is 1. The van der Waals surface area contributed by atoms with Crippen molar-refractivity contribution in [1.82, 2.24) is 5.32 Å². The smallest absolute Gasteiger partial charge is 0.00683 e. The van der Waals surface area contributed by atoms with Crippen LogP contribution in [-0.2, 0) is 6.42 Å². The van der Waals surface area contributed by atoms with Gasteiger partial charge in [-0.05, 0) is 56.6 Å². The average Bonchev–Trinajstić information content (AvgIpc) is 3.20. The summed E-state index contributed by atoms with van der Waals surface area (Å²) in [5.41, 5.74) is 2.89. The third kappa shape index (κ3) is 5.36. The molecule has 1 N–H and O–H groups in total. The third-order valence-corrected chi connectivity index (χ3v) is 4.31. The minimum Gasteiger partial charge on any atom is -0.314 e. The largest absolute Gasteiger partial charge is 0.314 e. The van der Waals surface area contributed by atoms with Crippen molar-refractivity contribution in [1.29, 1.82) is 0 Å². The number of benzene rings is 1. The molecule has 1 saturated carbocycles. The highest BCUT2D eigenvalue weighted by molar-refractivity contribution is 5.22. The van der Waals surface area contributed by atoms with Gasteiger partial charge < -0.3 is 5.32 Å². The highest BCUT2D eigenvalue weighted by atomic mass is 14.9. The topological polar surface area (TPSA) is 12.0 Å². The van der Waals surface area contributed by atoms with Gasteiger partial charge in [-0.15, -0.1) is 0 Å². The molecule has 1 heteroatoms. The number of hydrogen-bond donors (Lipinski definition) is 1. The van der Waals surface area contributed by atoms with E-state index in [-0.39, 0.29) is 0 Å². The van der Waals surface area contributed by atoms with E-state index in [9.17, 15) is 0 Å².